The molecular formula is C17H15FN4O3. The van der Waals surface area contributed by atoms with E-state index in [1.54, 1.807) is 36.7 Å². The molecule has 0 saturated heterocycles. The predicted octanol–water partition coefficient (Wildman–Crippen LogP) is 2.78. The van der Waals surface area contributed by atoms with Crippen molar-refractivity contribution in [2.75, 3.05) is 20.3 Å². The molecule has 0 fully saturated rings. The Morgan fingerprint density at radius 3 is 2.48 bits per heavy atom. The molecule has 0 aliphatic rings. The molecule has 1 aromatic carbocycles. The molecule has 0 unspecified atom stereocenters. The van der Waals surface area contributed by atoms with Crippen LogP contribution in [0.25, 0.3) is 22.5 Å². The molecule has 0 spiro atoms. The number of halogens is 1. The molecule has 0 amide bonds. The number of nitrogens with zero attached hydrogens (tertiary/aromatic N) is 4. The van der Waals surface area contributed by atoms with Gasteiger partial charge in [-0.3, -0.25) is 4.98 Å². The molecule has 25 heavy (non-hydrogen) atoms. The molecule has 0 bridgehead atoms. The zero-order valence-electron chi connectivity index (χ0n) is 13.4. The first kappa shape index (κ1) is 16.7. The maximum atomic E-state index is 13.2. The summed E-state index contributed by atoms with van der Waals surface area (Å²) in [7, 11) is 1.51. The van der Waals surface area contributed by atoms with Crippen molar-refractivity contribution < 1.29 is 18.7 Å². The normalized spacial score (nSPS) is 10.6. The van der Waals surface area contributed by atoms with Gasteiger partial charge in [0.25, 0.3) is 0 Å². The minimum atomic E-state index is -0.676. The highest BCUT2D eigenvalue weighted by molar-refractivity contribution is 5.85. The lowest BCUT2D eigenvalue weighted by atomic mass is 10.1. The van der Waals surface area contributed by atoms with E-state index in [4.69, 9.17) is 9.47 Å². The van der Waals surface area contributed by atoms with Gasteiger partial charge >= 0.3 is 6.09 Å². The summed E-state index contributed by atoms with van der Waals surface area (Å²) in [6.45, 7) is 0.368. The van der Waals surface area contributed by atoms with Crippen LogP contribution in [-0.4, -0.2) is 46.4 Å². The standard InChI is InChI=1S/C17H15FN4O3/c1-24-10-11-25-17(23)22-16(13-6-8-19-9-7-13)15(20-21-22)12-2-4-14(18)5-3-12/h2-9H,10-11H2,1H3. The fourth-order valence-electron chi connectivity index (χ4n) is 2.25. The van der Waals surface area contributed by atoms with Crippen molar-refractivity contribution >= 4 is 6.09 Å². The largest absolute Gasteiger partial charge is 0.445 e. The van der Waals surface area contributed by atoms with Crippen LogP contribution in [0, 0.1) is 5.82 Å². The molecule has 3 rings (SSSR count). The number of ether oxygens (including phenoxy) is 2. The molecular weight excluding hydrogens is 327 g/mol. The third-order valence-corrected chi connectivity index (χ3v) is 3.43. The maximum absolute atomic E-state index is 13.2. The average molecular weight is 342 g/mol. The minimum absolute atomic E-state index is 0.0941. The van der Waals surface area contributed by atoms with Crippen molar-refractivity contribution in [2.45, 2.75) is 0 Å². The third kappa shape index (κ3) is 3.69. The Bertz CT molecular complexity index is 850. The van der Waals surface area contributed by atoms with Gasteiger partial charge in [-0.15, -0.1) is 9.78 Å². The topological polar surface area (TPSA) is 79.1 Å². The van der Waals surface area contributed by atoms with Crippen LogP contribution in [0.1, 0.15) is 0 Å². The van der Waals surface area contributed by atoms with Gasteiger partial charge in [0.05, 0.1) is 6.61 Å². The first-order chi connectivity index (χ1) is 12.2. The molecule has 3 aromatic rings. The first-order valence-corrected chi connectivity index (χ1v) is 7.49. The van der Waals surface area contributed by atoms with E-state index in [0.717, 1.165) is 4.68 Å². The molecule has 0 saturated carbocycles. The Morgan fingerprint density at radius 1 is 1.08 bits per heavy atom. The number of aromatic nitrogens is 4. The van der Waals surface area contributed by atoms with Crippen molar-refractivity contribution in [2.24, 2.45) is 0 Å². The molecule has 2 heterocycles. The number of rotatable bonds is 5. The van der Waals surface area contributed by atoms with Crippen LogP contribution in [0.4, 0.5) is 9.18 Å². The Morgan fingerprint density at radius 2 is 1.80 bits per heavy atom. The number of carbonyl (C=O) groups excluding carboxylic acids is 1. The summed E-state index contributed by atoms with van der Waals surface area (Å²) in [5, 5.41) is 7.99. The molecule has 128 valence electrons. The summed E-state index contributed by atoms with van der Waals surface area (Å²) in [5.74, 6) is -0.361. The molecule has 7 nitrogen and oxygen atoms in total. The Labute approximate surface area is 143 Å². The van der Waals surface area contributed by atoms with E-state index >= 15 is 0 Å². The summed E-state index contributed by atoms with van der Waals surface area (Å²) in [5.41, 5.74) is 2.19. The smallest absolute Gasteiger partial charge is 0.436 e. The van der Waals surface area contributed by atoms with Gasteiger partial charge in [-0.2, -0.15) is 0 Å². The van der Waals surface area contributed by atoms with Gasteiger partial charge in [0.1, 0.15) is 23.8 Å². The molecule has 2 aromatic heterocycles. The number of methoxy groups -OCH3 is 1. The summed E-state index contributed by atoms with van der Waals surface area (Å²) in [6.07, 6.45) is 2.51. The van der Waals surface area contributed by atoms with E-state index in [1.165, 1.54) is 19.2 Å². The van der Waals surface area contributed by atoms with E-state index in [1.807, 2.05) is 0 Å². The van der Waals surface area contributed by atoms with Crippen LogP contribution in [0.3, 0.4) is 0 Å². The monoisotopic (exact) mass is 342 g/mol. The van der Waals surface area contributed by atoms with Crippen molar-refractivity contribution in [3.63, 3.8) is 0 Å². The number of benzene rings is 1. The van der Waals surface area contributed by atoms with Crippen molar-refractivity contribution in [3.8, 4) is 22.5 Å². The number of hydrogen-bond acceptors (Lipinski definition) is 6. The lowest BCUT2D eigenvalue weighted by Crippen LogP contribution is -2.18. The summed E-state index contributed by atoms with van der Waals surface area (Å²) in [6, 6.07) is 9.24. The first-order valence-electron chi connectivity index (χ1n) is 7.49. The highest BCUT2D eigenvalue weighted by atomic mass is 19.1. The predicted molar refractivity (Wildman–Crippen MR) is 87.3 cm³/mol. The minimum Gasteiger partial charge on any atom is -0.445 e. The van der Waals surface area contributed by atoms with Crippen molar-refractivity contribution in [1.82, 2.24) is 20.0 Å². The summed E-state index contributed by atoms with van der Waals surface area (Å²) < 4.78 is 24.3. The van der Waals surface area contributed by atoms with Crippen LogP contribution >= 0.6 is 0 Å². The second kappa shape index (κ2) is 7.63. The van der Waals surface area contributed by atoms with Crippen molar-refractivity contribution in [1.29, 1.82) is 0 Å². The third-order valence-electron chi connectivity index (χ3n) is 3.43. The molecule has 0 atom stereocenters. The zero-order chi connectivity index (χ0) is 17.6. The number of hydrogen-bond donors (Lipinski definition) is 0. The quantitative estimate of drug-likeness (QED) is 0.664. The fourth-order valence-corrected chi connectivity index (χ4v) is 2.25. The molecule has 0 aliphatic carbocycles. The van der Waals surface area contributed by atoms with Crippen LogP contribution < -0.4 is 0 Å². The van der Waals surface area contributed by atoms with Gasteiger partial charge in [-0.25, -0.2) is 9.18 Å². The van der Waals surface area contributed by atoms with E-state index in [2.05, 4.69) is 15.3 Å². The van der Waals surface area contributed by atoms with Gasteiger partial charge in [-0.05, 0) is 36.4 Å². The van der Waals surface area contributed by atoms with E-state index in [9.17, 15) is 9.18 Å². The Balaban J connectivity index is 2.04. The van der Waals surface area contributed by atoms with Gasteiger partial charge in [0.15, 0.2) is 0 Å². The number of pyridine rings is 1. The van der Waals surface area contributed by atoms with Crippen molar-refractivity contribution in [3.05, 3.63) is 54.6 Å². The number of carbonyl (C=O) groups is 1. The van der Waals surface area contributed by atoms with Gasteiger partial charge < -0.3 is 9.47 Å². The Kier molecular flexibility index (Phi) is 5.10. The van der Waals surface area contributed by atoms with Crippen LogP contribution in [-0.2, 0) is 9.47 Å². The van der Waals surface area contributed by atoms with Crippen LogP contribution in [0.15, 0.2) is 48.8 Å². The highest BCUT2D eigenvalue weighted by Crippen LogP contribution is 2.30. The second-order valence-electron chi connectivity index (χ2n) is 5.05. The molecule has 0 aliphatic heterocycles. The highest BCUT2D eigenvalue weighted by Gasteiger charge is 2.22. The van der Waals surface area contributed by atoms with E-state index < -0.39 is 6.09 Å². The molecule has 0 N–H and O–H groups in total. The summed E-state index contributed by atoms with van der Waals surface area (Å²) >= 11 is 0. The second-order valence-corrected chi connectivity index (χ2v) is 5.05. The van der Waals surface area contributed by atoms with Gasteiger partial charge in [0, 0.05) is 30.6 Å². The fraction of sp³-hybridized carbons (Fsp3) is 0.176. The molecule has 8 heteroatoms. The van der Waals surface area contributed by atoms with Crippen LogP contribution in [0.2, 0.25) is 0 Å². The maximum Gasteiger partial charge on any atom is 0.436 e. The SMILES string of the molecule is COCCOC(=O)n1nnc(-c2ccc(F)cc2)c1-c1ccncc1. The molecule has 0 radical (unpaired) electrons. The zero-order valence-corrected chi connectivity index (χ0v) is 13.4. The lowest BCUT2D eigenvalue weighted by molar-refractivity contribution is 0.0975. The lowest BCUT2D eigenvalue weighted by Gasteiger charge is -2.08. The Hall–Kier alpha value is -3.13. The van der Waals surface area contributed by atoms with Gasteiger partial charge in [-0.1, -0.05) is 5.21 Å². The van der Waals surface area contributed by atoms with E-state index in [0.29, 0.717) is 22.5 Å². The average Bonchev–Trinajstić information content (AvgIpc) is 3.08. The van der Waals surface area contributed by atoms with Crippen LogP contribution in [0.5, 0.6) is 0 Å². The summed E-state index contributed by atoms with van der Waals surface area (Å²) in [4.78, 5) is 16.3. The van der Waals surface area contributed by atoms with E-state index in [-0.39, 0.29) is 19.0 Å². The van der Waals surface area contributed by atoms with Gasteiger partial charge in [0.2, 0.25) is 0 Å².